The smallest absolute Gasteiger partial charge is 0.256 e. The highest BCUT2D eigenvalue weighted by molar-refractivity contribution is 5.99. The van der Waals surface area contributed by atoms with Crippen LogP contribution in [0.25, 0.3) is 0 Å². The molecule has 0 atom stereocenters. The third kappa shape index (κ3) is 2.92. The van der Waals surface area contributed by atoms with Crippen molar-refractivity contribution in [2.75, 3.05) is 38.7 Å². The number of carbonyl (C=O) groups excluding carboxylic acids is 2. The van der Waals surface area contributed by atoms with Crippen LogP contribution in [0.15, 0.2) is 42.5 Å². The van der Waals surface area contributed by atoms with Crippen LogP contribution in [0.2, 0.25) is 0 Å². The van der Waals surface area contributed by atoms with E-state index < -0.39 is 0 Å². The van der Waals surface area contributed by atoms with Crippen molar-refractivity contribution in [1.29, 1.82) is 0 Å². The van der Waals surface area contributed by atoms with Crippen LogP contribution >= 0.6 is 0 Å². The van der Waals surface area contributed by atoms with Gasteiger partial charge >= 0.3 is 0 Å². The molecule has 4 rings (SSSR count). The number of hydrogen-bond donors (Lipinski definition) is 1. The Morgan fingerprint density at radius 3 is 2.23 bits per heavy atom. The first-order valence-electron chi connectivity index (χ1n) is 8.46. The van der Waals surface area contributed by atoms with Crippen molar-refractivity contribution in [3.63, 3.8) is 0 Å². The Balaban J connectivity index is 1.41. The fraction of sp³-hybridized carbons (Fsp3) is 0.263. The molecule has 1 fully saturated rings. The standard InChI is InChI=1S/C19H19N3O4/c20-15-4-2-1-3-14(15)19(24)22-9-7-21(8-10-22)18(23)13-5-6-16-17(11-13)26-12-25-16/h1-6,11H,7-10,12,20H2. The van der Waals surface area contributed by atoms with Gasteiger partial charge in [-0.05, 0) is 30.3 Å². The van der Waals surface area contributed by atoms with Crippen LogP contribution in [0, 0.1) is 0 Å². The molecule has 7 nitrogen and oxygen atoms in total. The summed E-state index contributed by atoms with van der Waals surface area (Å²) in [6.07, 6.45) is 0. The third-order valence-corrected chi connectivity index (χ3v) is 4.66. The van der Waals surface area contributed by atoms with E-state index >= 15 is 0 Å². The van der Waals surface area contributed by atoms with Crippen molar-refractivity contribution in [1.82, 2.24) is 9.80 Å². The van der Waals surface area contributed by atoms with Crippen LogP contribution in [-0.2, 0) is 0 Å². The number of nitrogens with zero attached hydrogens (tertiary/aromatic N) is 2. The first-order chi connectivity index (χ1) is 12.6. The summed E-state index contributed by atoms with van der Waals surface area (Å²) in [7, 11) is 0. The first kappa shape index (κ1) is 16.3. The number of hydrogen-bond acceptors (Lipinski definition) is 5. The van der Waals surface area contributed by atoms with Crippen molar-refractivity contribution in [2.45, 2.75) is 0 Å². The van der Waals surface area contributed by atoms with Crippen LogP contribution in [0.5, 0.6) is 11.5 Å². The average molecular weight is 353 g/mol. The van der Waals surface area contributed by atoms with Gasteiger partial charge in [0.05, 0.1) is 5.56 Å². The molecule has 0 aliphatic carbocycles. The molecule has 2 amide bonds. The molecule has 1 saturated heterocycles. The van der Waals surface area contributed by atoms with Crippen LogP contribution in [-0.4, -0.2) is 54.6 Å². The topological polar surface area (TPSA) is 85.1 Å². The van der Waals surface area contributed by atoms with E-state index in [4.69, 9.17) is 15.2 Å². The molecule has 2 aliphatic rings. The van der Waals surface area contributed by atoms with Gasteiger partial charge in [0.15, 0.2) is 11.5 Å². The zero-order valence-electron chi connectivity index (χ0n) is 14.2. The summed E-state index contributed by atoms with van der Waals surface area (Å²) in [6.45, 7) is 2.08. The molecule has 134 valence electrons. The summed E-state index contributed by atoms with van der Waals surface area (Å²) in [5, 5.41) is 0. The molecule has 0 aromatic heterocycles. The number of benzene rings is 2. The van der Waals surface area contributed by atoms with Gasteiger partial charge in [0, 0.05) is 37.4 Å². The summed E-state index contributed by atoms with van der Waals surface area (Å²) in [6, 6.07) is 12.2. The quantitative estimate of drug-likeness (QED) is 0.829. The van der Waals surface area contributed by atoms with E-state index in [0.29, 0.717) is 54.5 Å². The molecule has 0 bridgehead atoms. The molecule has 2 N–H and O–H groups in total. The van der Waals surface area contributed by atoms with Gasteiger partial charge in [0.25, 0.3) is 11.8 Å². The largest absolute Gasteiger partial charge is 0.454 e. The van der Waals surface area contributed by atoms with E-state index in [9.17, 15) is 9.59 Å². The Labute approximate surface area is 150 Å². The van der Waals surface area contributed by atoms with E-state index in [1.807, 2.05) is 0 Å². The number of para-hydroxylation sites is 1. The number of piperazine rings is 1. The SMILES string of the molecule is Nc1ccccc1C(=O)N1CCN(C(=O)c2ccc3c(c2)OCO3)CC1. The average Bonchev–Trinajstić information content (AvgIpc) is 3.15. The van der Waals surface area contributed by atoms with Crippen molar-refractivity contribution >= 4 is 17.5 Å². The Hall–Kier alpha value is -3.22. The number of nitrogen functional groups attached to an aromatic ring is 1. The second-order valence-electron chi connectivity index (χ2n) is 6.24. The monoisotopic (exact) mass is 353 g/mol. The maximum Gasteiger partial charge on any atom is 0.256 e. The van der Waals surface area contributed by atoms with Crippen molar-refractivity contribution < 1.29 is 19.1 Å². The molecule has 7 heteroatoms. The highest BCUT2D eigenvalue weighted by Gasteiger charge is 2.27. The van der Waals surface area contributed by atoms with Crippen molar-refractivity contribution in [3.05, 3.63) is 53.6 Å². The summed E-state index contributed by atoms with van der Waals surface area (Å²) >= 11 is 0. The van der Waals surface area contributed by atoms with Gasteiger partial charge in [-0.15, -0.1) is 0 Å². The van der Waals surface area contributed by atoms with Crippen LogP contribution in [0.3, 0.4) is 0 Å². The van der Waals surface area contributed by atoms with Gasteiger partial charge < -0.3 is 25.0 Å². The molecular weight excluding hydrogens is 334 g/mol. The molecule has 2 aromatic carbocycles. The number of rotatable bonds is 2. The van der Waals surface area contributed by atoms with Crippen LogP contribution < -0.4 is 15.2 Å². The minimum atomic E-state index is -0.0988. The predicted molar refractivity (Wildman–Crippen MR) is 95.2 cm³/mol. The molecule has 2 heterocycles. The van der Waals surface area contributed by atoms with Gasteiger partial charge in [0.2, 0.25) is 6.79 Å². The summed E-state index contributed by atoms with van der Waals surface area (Å²) in [4.78, 5) is 28.8. The molecular formula is C19H19N3O4. The molecule has 2 aliphatic heterocycles. The van der Waals surface area contributed by atoms with Crippen molar-refractivity contribution in [3.8, 4) is 11.5 Å². The van der Waals surface area contributed by atoms with E-state index in [1.54, 1.807) is 52.3 Å². The summed E-state index contributed by atoms with van der Waals surface area (Å²) in [5.41, 5.74) is 7.42. The van der Waals surface area contributed by atoms with E-state index in [-0.39, 0.29) is 18.6 Å². The van der Waals surface area contributed by atoms with Gasteiger partial charge in [-0.25, -0.2) is 0 Å². The van der Waals surface area contributed by atoms with Gasteiger partial charge in [0.1, 0.15) is 0 Å². The zero-order chi connectivity index (χ0) is 18.1. The van der Waals surface area contributed by atoms with Crippen LogP contribution in [0.1, 0.15) is 20.7 Å². The van der Waals surface area contributed by atoms with E-state index in [2.05, 4.69) is 0 Å². The predicted octanol–water partition coefficient (Wildman–Crippen LogP) is 1.60. The fourth-order valence-electron chi connectivity index (χ4n) is 3.19. The molecule has 0 radical (unpaired) electrons. The van der Waals surface area contributed by atoms with E-state index in [0.717, 1.165) is 0 Å². The molecule has 0 saturated carbocycles. The van der Waals surface area contributed by atoms with Gasteiger partial charge in [-0.3, -0.25) is 9.59 Å². The second kappa shape index (κ2) is 6.59. The number of amides is 2. The Kier molecular flexibility index (Phi) is 4.12. The number of nitrogens with two attached hydrogens (primary N) is 1. The van der Waals surface area contributed by atoms with Gasteiger partial charge in [-0.2, -0.15) is 0 Å². The van der Waals surface area contributed by atoms with Crippen LogP contribution in [0.4, 0.5) is 5.69 Å². The molecule has 2 aromatic rings. The Bertz CT molecular complexity index is 860. The number of carbonyl (C=O) groups is 2. The molecule has 26 heavy (non-hydrogen) atoms. The lowest BCUT2D eigenvalue weighted by Crippen LogP contribution is -2.50. The lowest BCUT2D eigenvalue weighted by molar-refractivity contribution is 0.0536. The summed E-state index contributed by atoms with van der Waals surface area (Å²) < 4.78 is 10.6. The lowest BCUT2D eigenvalue weighted by atomic mass is 10.1. The summed E-state index contributed by atoms with van der Waals surface area (Å²) in [5.74, 6) is 1.06. The fourth-order valence-corrected chi connectivity index (χ4v) is 3.19. The number of fused-ring (bicyclic) bond motifs is 1. The number of anilines is 1. The maximum absolute atomic E-state index is 12.7. The molecule has 0 spiro atoms. The maximum atomic E-state index is 12.7. The first-order valence-corrected chi connectivity index (χ1v) is 8.46. The minimum Gasteiger partial charge on any atom is -0.454 e. The lowest BCUT2D eigenvalue weighted by Gasteiger charge is -2.35. The second-order valence-corrected chi connectivity index (χ2v) is 6.24. The normalized spacial score (nSPS) is 15.8. The number of ether oxygens (including phenoxy) is 2. The molecule has 0 unspecified atom stereocenters. The Morgan fingerprint density at radius 1 is 0.846 bits per heavy atom. The highest BCUT2D eigenvalue weighted by atomic mass is 16.7. The van der Waals surface area contributed by atoms with E-state index in [1.165, 1.54) is 0 Å². The van der Waals surface area contributed by atoms with Gasteiger partial charge in [-0.1, -0.05) is 12.1 Å². The third-order valence-electron chi connectivity index (χ3n) is 4.66. The Morgan fingerprint density at radius 2 is 1.50 bits per heavy atom. The minimum absolute atomic E-state index is 0.0744. The highest BCUT2D eigenvalue weighted by Crippen LogP contribution is 2.32. The zero-order valence-corrected chi connectivity index (χ0v) is 14.2. The van der Waals surface area contributed by atoms with Crippen molar-refractivity contribution in [2.24, 2.45) is 0 Å².